The van der Waals surface area contributed by atoms with Gasteiger partial charge in [-0.25, -0.2) is 0 Å². The van der Waals surface area contributed by atoms with Gasteiger partial charge in [0, 0.05) is 31.9 Å². The van der Waals surface area contributed by atoms with E-state index in [1.54, 1.807) is 0 Å². The highest BCUT2D eigenvalue weighted by Gasteiger charge is 2.14. The molecule has 0 aliphatic rings. The first-order chi connectivity index (χ1) is 9.06. The number of aliphatic hydroxyl groups is 1. The van der Waals surface area contributed by atoms with Crippen LogP contribution in [0.4, 0.5) is 0 Å². The van der Waals surface area contributed by atoms with E-state index in [1.807, 2.05) is 20.8 Å². The van der Waals surface area contributed by atoms with Crippen molar-refractivity contribution < 1.29 is 14.4 Å². The van der Waals surface area contributed by atoms with Crippen LogP contribution in [0.2, 0.25) is 0 Å². The van der Waals surface area contributed by atoms with E-state index in [0.717, 1.165) is 12.8 Å². The Bertz CT molecular complexity index is 392. The standard InChI is InChI=1S/C13H23N3O3/c1-4-5-11-15-13(19-16-11)7-6-12(18)14-10(3)9(2)8-17/h9-10,17H,4-8H2,1-3H3,(H,14,18). The van der Waals surface area contributed by atoms with Gasteiger partial charge in [0.05, 0.1) is 0 Å². The normalized spacial score (nSPS) is 14.1. The molecule has 108 valence electrons. The van der Waals surface area contributed by atoms with E-state index >= 15 is 0 Å². The third kappa shape index (κ3) is 5.38. The zero-order chi connectivity index (χ0) is 14.3. The van der Waals surface area contributed by atoms with Gasteiger partial charge in [0.2, 0.25) is 11.8 Å². The van der Waals surface area contributed by atoms with Crippen LogP contribution in [0.3, 0.4) is 0 Å². The Balaban J connectivity index is 2.33. The smallest absolute Gasteiger partial charge is 0.227 e. The number of nitrogens with zero attached hydrogens (tertiary/aromatic N) is 2. The van der Waals surface area contributed by atoms with E-state index in [0.29, 0.717) is 24.6 Å². The van der Waals surface area contributed by atoms with Gasteiger partial charge in [-0.15, -0.1) is 0 Å². The molecule has 1 rings (SSSR count). The maximum absolute atomic E-state index is 11.7. The van der Waals surface area contributed by atoms with E-state index in [2.05, 4.69) is 15.5 Å². The lowest BCUT2D eigenvalue weighted by atomic mass is 10.1. The van der Waals surface area contributed by atoms with Gasteiger partial charge in [0.15, 0.2) is 5.82 Å². The first-order valence-electron chi connectivity index (χ1n) is 6.78. The number of aliphatic hydroxyl groups excluding tert-OH is 1. The molecule has 1 aromatic rings. The van der Waals surface area contributed by atoms with Crippen LogP contribution in [0.1, 0.15) is 45.3 Å². The molecule has 0 saturated heterocycles. The van der Waals surface area contributed by atoms with Gasteiger partial charge in [-0.05, 0) is 19.3 Å². The highest BCUT2D eigenvalue weighted by molar-refractivity contribution is 5.76. The minimum Gasteiger partial charge on any atom is -0.396 e. The number of aromatic nitrogens is 2. The molecule has 6 heteroatoms. The number of amides is 1. The number of rotatable bonds is 8. The summed E-state index contributed by atoms with van der Waals surface area (Å²) in [5.41, 5.74) is 0. The second-order valence-electron chi connectivity index (χ2n) is 4.87. The molecule has 1 aromatic heterocycles. The Morgan fingerprint density at radius 1 is 1.42 bits per heavy atom. The molecular formula is C13H23N3O3. The molecule has 19 heavy (non-hydrogen) atoms. The topological polar surface area (TPSA) is 88.2 Å². The lowest BCUT2D eigenvalue weighted by molar-refractivity contribution is -0.122. The van der Waals surface area contributed by atoms with Crippen molar-refractivity contribution in [3.05, 3.63) is 11.7 Å². The highest BCUT2D eigenvalue weighted by Crippen LogP contribution is 2.05. The number of hydrogen-bond acceptors (Lipinski definition) is 5. The molecule has 0 radical (unpaired) electrons. The number of aryl methyl sites for hydroxylation is 2. The van der Waals surface area contributed by atoms with Crippen molar-refractivity contribution >= 4 is 5.91 Å². The average Bonchev–Trinajstić information content (AvgIpc) is 2.83. The summed E-state index contributed by atoms with van der Waals surface area (Å²) >= 11 is 0. The third-order valence-electron chi connectivity index (χ3n) is 3.08. The molecule has 0 aliphatic carbocycles. The van der Waals surface area contributed by atoms with Gasteiger partial charge in [-0.3, -0.25) is 4.79 Å². The quantitative estimate of drug-likeness (QED) is 0.737. The predicted molar refractivity (Wildman–Crippen MR) is 70.5 cm³/mol. The van der Waals surface area contributed by atoms with Gasteiger partial charge in [0.1, 0.15) is 0 Å². The number of carbonyl (C=O) groups is 1. The summed E-state index contributed by atoms with van der Waals surface area (Å²) < 4.78 is 5.06. The maximum Gasteiger partial charge on any atom is 0.227 e. The fraction of sp³-hybridized carbons (Fsp3) is 0.769. The van der Waals surface area contributed by atoms with Gasteiger partial charge < -0.3 is 14.9 Å². The van der Waals surface area contributed by atoms with Crippen molar-refractivity contribution in [3.8, 4) is 0 Å². The Morgan fingerprint density at radius 2 is 2.16 bits per heavy atom. The summed E-state index contributed by atoms with van der Waals surface area (Å²) in [6.45, 7) is 5.88. The first kappa shape index (κ1) is 15.6. The molecule has 6 nitrogen and oxygen atoms in total. The van der Waals surface area contributed by atoms with E-state index in [-0.39, 0.29) is 24.5 Å². The molecule has 1 amide bonds. The Hall–Kier alpha value is -1.43. The molecule has 0 spiro atoms. The lowest BCUT2D eigenvalue weighted by Gasteiger charge is -2.18. The van der Waals surface area contributed by atoms with Gasteiger partial charge in [0.25, 0.3) is 0 Å². The molecule has 2 N–H and O–H groups in total. The van der Waals surface area contributed by atoms with Crippen LogP contribution in [0, 0.1) is 5.92 Å². The van der Waals surface area contributed by atoms with Crippen LogP contribution in [0.25, 0.3) is 0 Å². The maximum atomic E-state index is 11.7. The zero-order valence-electron chi connectivity index (χ0n) is 11.8. The van der Waals surface area contributed by atoms with Crippen LogP contribution in [0.5, 0.6) is 0 Å². The molecule has 1 heterocycles. The molecule has 0 aromatic carbocycles. The summed E-state index contributed by atoms with van der Waals surface area (Å²) in [4.78, 5) is 15.9. The molecule has 0 aliphatic heterocycles. The van der Waals surface area contributed by atoms with Gasteiger partial charge in [-0.1, -0.05) is 19.0 Å². The summed E-state index contributed by atoms with van der Waals surface area (Å²) in [5.74, 6) is 1.17. The average molecular weight is 269 g/mol. The summed E-state index contributed by atoms with van der Waals surface area (Å²) in [6.07, 6.45) is 2.52. The van der Waals surface area contributed by atoms with Crippen LogP contribution >= 0.6 is 0 Å². The fourth-order valence-electron chi connectivity index (χ4n) is 1.56. The summed E-state index contributed by atoms with van der Waals surface area (Å²) in [7, 11) is 0. The Kier molecular flexibility index (Phi) is 6.49. The van der Waals surface area contributed by atoms with Crippen molar-refractivity contribution in [1.82, 2.24) is 15.5 Å². The van der Waals surface area contributed by atoms with Crippen molar-refractivity contribution in [3.63, 3.8) is 0 Å². The molecule has 0 fully saturated rings. The largest absolute Gasteiger partial charge is 0.396 e. The Labute approximate surface area is 113 Å². The summed E-state index contributed by atoms with van der Waals surface area (Å²) in [6, 6.07) is -0.0455. The van der Waals surface area contributed by atoms with Crippen LogP contribution in [-0.4, -0.2) is 33.8 Å². The van der Waals surface area contributed by atoms with Gasteiger partial charge >= 0.3 is 0 Å². The Morgan fingerprint density at radius 3 is 2.79 bits per heavy atom. The molecular weight excluding hydrogens is 246 g/mol. The zero-order valence-corrected chi connectivity index (χ0v) is 11.8. The van der Waals surface area contributed by atoms with Crippen molar-refractivity contribution in [2.75, 3.05) is 6.61 Å². The van der Waals surface area contributed by atoms with Gasteiger partial charge in [-0.2, -0.15) is 4.98 Å². The van der Waals surface area contributed by atoms with E-state index in [1.165, 1.54) is 0 Å². The highest BCUT2D eigenvalue weighted by atomic mass is 16.5. The van der Waals surface area contributed by atoms with Crippen molar-refractivity contribution in [2.45, 2.75) is 52.5 Å². The van der Waals surface area contributed by atoms with E-state index < -0.39 is 0 Å². The van der Waals surface area contributed by atoms with Crippen LogP contribution < -0.4 is 5.32 Å². The summed E-state index contributed by atoms with van der Waals surface area (Å²) in [5, 5.41) is 15.7. The minimum absolute atomic E-state index is 0.0449. The second-order valence-corrected chi connectivity index (χ2v) is 4.87. The van der Waals surface area contributed by atoms with Crippen LogP contribution in [-0.2, 0) is 17.6 Å². The lowest BCUT2D eigenvalue weighted by Crippen LogP contribution is -2.38. The van der Waals surface area contributed by atoms with Crippen LogP contribution in [0.15, 0.2) is 4.52 Å². The van der Waals surface area contributed by atoms with E-state index in [9.17, 15) is 4.79 Å². The predicted octanol–water partition coefficient (Wildman–Crippen LogP) is 1.09. The molecule has 2 atom stereocenters. The first-order valence-corrected chi connectivity index (χ1v) is 6.78. The number of carbonyl (C=O) groups excluding carboxylic acids is 1. The minimum atomic E-state index is -0.0666. The molecule has 0 saturated carbocycles. The molecule has 2 unspecified atom stereocenters. The number of nitrogens with one attached hydrogen (secondary N) is 1. The third-order valence-corrected chi connectivity index (χ3v) is 3.08. The monoisotopic (exact) mass is 269 g/mol. The van der Waals surface area contributed by atoms with Crippen molar-refractivity contribution in [2.24, 2.45) is 5.92 Å². The SMILES string of the molecule is CCCc1noc(CCC(=O)NC(C)C(C)CO)n1. The second kappa shape index (κ2) is 7.89. The molecule has 0 bridgehead atoms. The fourth-order valence-corrected chi connectivity index (χ4v) is 1.56. The number of hydrogen-bond donors (Lipinski definition) is 2. The van der Waals surface area contributed by atoms with E-state index in [4.69, 9.17) is 9.63 Å². The van der Waals surface area contributed by atoms with Crippen molar-refractivity contribution in [1.29, 1.82) is 0 Å².